The Kier molecular flexibility index (Phi) is 1.62. The number of rotatable bonds is 1. The van der Waals surface area contributed by atoms with E-state index in [9.17, 15) is 0 Å². The van der Waals surface area contributed by atoms with Crippen molar-refractivity contribution in [2.45, 2.75) is 12.3 Å². The molecule has 0 radical (unpaired) electrons. The molecule has 0 aliphatic heterocycles. The highest BCUT2D eigenvalue weighted by Gasteiger charge is 2.14. The smallest absolute Gasteiger partial charge is 0.181 e. The van der Waals surface area contributed by atoms with Gasteiger partial charge in [-0.05, 0) is 16.8 Å². The molecule has 1 aromatic heterocycles. The molecule has 0 amide bonds. The zero-order valence-corrected chi connectivity index (χ0v) is 6.46. The fourth-order valence-electron chi connectivity index (χ4n) is 1.22. The maximum absolute atomic E-state index is 5.49. The van der Waals surface area contributed by atoms with Crippen molar-refractivity contribution < 1.29 is 0 Å². The highest BCUT2D eigenvalue weighted by atomic mass is 15.6. The molecular weight excluding hydrogens is 154 g/mol. The van der Waals surface area contributed by atoms with Crippen molar-refractivity contribution in [3.8, 4) is 0 Å². The number of aromatic nitrogens is 4. The average Bonchev–Trinajstić information content (AvgIpc) is 2.53. The monoisotopic (exact) mass is 163 g/mol. The minimum atomic E-state index is 0.218. The molecule has 12 heavy (non-hydrogen) atoms. The van der Waals surface area contributed by atoms with Crippen LogP contribution in [0, 0.1) is 0 Å². The third-order valence-corrected chi connectivity index (χ3v) is 1.83. The van der Waals surface area contributed by atoms with E-state index in [-0.39, 0.29) is 5.92 Å². The molecule has 0 aromatic carbocycles. The summed E-state index contributed by atoms with van der Waals surface area (Å²) in [7, 11) is 0. The minimum Gasteiger partial charge on any atom is -0.320 e. The number of tetrazole rings is 1. The topological polar surface area (TPSA) is 69.6 Å². The van der Waals surface area contributed by atoms with Crippen LogP contribution in [-0.2, 0) is 0 Å². The molecular formula is C7H9N5. The third kappa shape index (κ3) is 1.09. The molecule has 5 heteroatoms. The van der Waals surface area contributed by atoms with Gasteiger partial charge in [0, 0.05) is 5.92 Å². The summed E-state index contributed by atoms with van der Waals surface area (Å²) in [5.41, 5.74) is 0. The van der Waals surface area contributed by atoms with Crippen LogP contribution in [0.3, 0.4) is 0 Å². The van der Waals surface area contributed by atoms with E-state index in [1.165, 1.54) is 4.79 Å². The molecule has 2 rings (SSSR count). The molecule has 5 nitrogen and oxygen atoms in total. The lowest BCUT2D eigenvalue weighted by atomic mass is 10.0. The normalized spacial score (nSPS) is 21.5. The van der Waals surface area contributed by atoms with Crippen molar-refractivity contribution in [1.29, 1.82) is 0 Å². The van der Waals surface area contributed by atoms with E-state index in [0.29, 0.717) is 5.82 Å². The van der Waals surface area contributed by atoms with E-state index < -0.39 is 0 Å². The van der Waals surface area contributed by atoms with Crippen LogP contribution in [0.15, 0.2) is 24.3 Å². The van der Waals surface area contributed by atoms with Gasteiger partial charge in [-0.3, -0.25) is 0 Å². The van der Waals surface area contributed by atoms with Crippen molar-refractivity contribution >= 4 is 0 Å². The van der Waals surface area contributed by atoms with Crippen molar-refractivity contribution in [2.75, 3.05) is 5.84 Å². The number of hydrogen-bond donors (Lipinski definition) is 1. The van der Waals surface area contributed by atoms with Crippen molar-refractivity contribution in [3.05, 3.63) is 30.1 Å². The second-order valence-corrected chi connectivity index (χ2v) is 2.64. The lowest BCUT2D eigenvalue weighted by Crippen LogP contribution is -2.17. The molecule has 1 unspecified atom stereocenters. The van der Waals surface area contributed by atoms with Gasteiger partial charge in [-0.15, -0.1) is 9.89 Å². The van der Waals surface area contributed by atoms with E-state index >= 15 is 0 Å². The summed E-state index contributed by atoms with van der Waals surface area (Å²) in [4.78, 5) is 1.22. The molecule has 1 aliphatic carbocycles. The van der Waals surface area contributed by atoms with Gasteiger partial charge in [0.1, 0.15) is 0 Å². The summed E-state index contributed by atoms with van der Waals surface area (Å²) in [5, 5.41) is 10.9. The van der Waals surface area contributed by atoms with E-state index in [2.05, 4.69) is 21.6 Å². The van der Waals surface area contributed by atoms with E-state index in [1.807, 2.05) is 18.2 Å². The highest BCUT2D eigenvalue weighted by Crippen LogP contribution is 2.20. The Morgan fingerprint density at radius 2 is 2.42 bits per heavy atom. The molecule has 0 fully saturated rings. The first kappa shape index (κ1) is 7.02. The number of hydrogen-bond acceptors (Lipinski definition) is 4. The zero-order chi connectivity index (χ0) is 8.39. The summed E-state index contributed by atoms with van der Waals surface area (Å²) in [6.45, 7) is 0. The second kappa shape index (κ2) is 2.77. The zero-order valence-electron chi connectivity index (χ0n) is 6.46. The Hall–Kier alpha value is -1.65. The predicted molar refractivity (Wildman–Crippen MR) is 43.6 cm³/mol. The highest BCUT2D eigenvalue weighted by molar-refractivity contribution is 5.18. The summed E-state index contributed by atoms with van der Waals surface area (Å²) in [6.07, 6.45) is 8.99. The molecule has 0 spiro atoms. The molecule has 1 heterocycles. The van der Waals surface area contributed by atoms with Crippen molar-refractivity contribution in [1.82, 2.24) is 20.3 Å². The largest absolute Gasteiger partial charge is 0.320 e. The van der Waals surface area contributed by atoms with Gasteiger partial charge in [0.25, 0.3) is 0 Å². The number of nitrogens with zero attached hydrogens (tertiary/aromatic N) is 4. The quantitative estimate of drug-likeness (QED) is 0.591. The lowest BCUT2D eigenvalue weighted by Gasteiger charge is -2.09. The number of allylic oxidation sites excluding steroid dienone is 4. The fourth-order valence-corrected chi connectivity index (χ4v) is 1.22. The van der Waals surface area contributed by atoms with Gasteiger partial charge in [0.2, 0.25) is 0 Å². The van der Waals surface area contributed by atoms with Crippen LogP contribution in [0.2, 0.25) is 0 Å². The van der Waals surface area contributed by atoms with Gasteiger partial charge >= 0.3 is 0 Å². The van der Waals surface area contributed by atoms with Crippen LogP contribution in [0.1, 0.15) is 18.2 Å². The molecule has 2 N–H and O–H groups in total. The van der Waals surface area contributed by atoms with Crippen molar-refractivity contribution in [3.63, 3.8) is 0 Å². The summed E-state index contributed by atoms with van der Waals surface area (Å²) in [5.74, 6) is 6.42. The number of nitrogens with two attached hydrogens (primary N) is 1. The maximum atomic E-state index is 5.49. The lowest BCUT2D eigenvalue weighted by molar-refractivity contribution is 0.684. The molecule has 0 saturated heterocycles. The Labute approximate surface area is 69.5 Å². The van der Waals surface area contributed by atoms with Crippen LogP contribution in [0.5, 0.6) is 0 Å². The first-order valence-electron chi connectivity index (χ1n) is 3.74. The van der Waals surface area contributed by atoms with Gasteiger partial charge in [0.05, 0.1) is 0 Å². The van der Waals surface area contributed by atoms with Crippen LogP contribution >= 0.6 is 0 Å². The van der Waals surface area contributed by atoms with Crippen LogP contribution in [-0.4, -0.2) is 20.3 Å². The number of nitrogen functional groups attached to an aromatic ring is 1. The summed E-state index contributed by atoms with van der Waals surface area (Å²) < 4.78 is 0. The Morgan fingerprint density at radius 3 is 3.00 bits per heavy atom. The second-order valence-electron chi connectivity index (χ2n) is 2.64. The fraction of sp³-hybridized carbons (Fsp3) is 0.286. The van der Waals surface area contributed by atoms with E-state index in [1.54, 1.807) is 0 Å². The summed E-state index contributed by atoms with van der Waals surface area (Å²) in [6, 6.07) is 0. The summed E-state index contributed by atoms with van der Waals surface area (Å²) >= 11 is 0. The van der Waals surface area contributed by atoms with Crippen molar-refractivity contribution in [2.24, 2.45) is 0 Å². The first-order valence-corrected chi connectivity index (χ1v) is 3.74. The van der Waals surface area contributed by atoms with Gasteiger partial charge in [-0.2, -0.15) is 0 Å². The van der Waals surface area contributed by atoms with Gasteiger partial charge in [-0.1, -0.05) is 24.3 Å². The van der Waals surface area contributed by atoms with Crippen LogP contribution in [0.25, 0.3) is 0 Å². The predicted octanol–water partition coefficient (Wildman–Crippen LogP) is -0.0134. The molecule has 0 bridgehead atoms. The minimum absolute atomic E-state index is 0.218. The average molecular weight is 163 g/mol. The molecule has 1 aliphatic rings. The van der Waals surface area contributed by atoms with E-state index in [4.69, 9.17) is 5.84 Å². The van der Waals surface area contributed by atoms with Crippen LogP contribution < -0.4 is 5.84 Å². The Bertz CT molecular complexity index is 324. The molecule has 1 atom stereocenters. The molecule has 1 aromatic rings. The molecule has 0 saturated carbocycles. The third-order valence-electron chi connectivity index (χ3n) is 1.83. The maximum Gasteiger partial charge on any atom is 0.181 e. The first-order chi connectivity index (χ1) is 5.88. The van der Waals surface area contributed by atoms with Gasteiger partial charge < -0.3 is 5.84 Å². The van der Waals surface area contributed by atoms with Crippen LogP contribution in [0.4, 0.5) is 0 Å². The Morgan fingerprint density at radius 1 is 1.50 bits per heavy atom. The molecule has 62 valence electrons. The standard InChI is InChI=1S/C7H9N5/c8-12-7(9-10-11-12)6-4-2-1-3-5-6/h1-4,6H,5,8H2. The SMILES string of the molecule is Nn1nnnc1C1C=CC=CC1. The van der Waals surface area contributed by atoms with Gasteiger partial charge in [-0.25, -0.2) is 0 Å². The van der Waals surface area contributed by atoms with Gasteiger partial charge in [0.15, 0.2) is 5.82 Å². The van der Waals surface area contributed by atoms with E-state index in [0.717, 1.165) is 6.42 Å². The Balaban J connectivity index is 2.26.